The van der Waals surface area contributed by atoms with Crippen molar-refractivity contribution in [2.45, 2.75) is 6.04 Å². The van der Waals surface area contributed by atoms with Crippen LogP contribution < -0.4 is 5.32 Å². The average molecular weight is 282 g/mol. The quantitative estimate of drug-likeness (QED) is 0.624. The third-order valence-corrected chi connectivity index (χ3v) is 3.82. The molecular formula is C17H18N2S. The third-order valence-electron chi connectivity index (χ3n) is 2.95. The number of nitrogens with one attached hydrogen (secondary N) is 1. The largest absolute Gasteiger partial charge is 0.305 e. The van der Waals surface area contributed by atoms with Gasteiger partial charge in [0, 0.05) is 24.7 Å². The van der Waals surface area contributed by atoms with Crippen LogP contribution >= 0.6 is 11.8 Å². The first kappa shape index (κ1) is 14.6. The molecule has 0 amide bonds. The summed E-state index contributed by atoms with van der Waals surface area (Å²) in [4.78, 5) is 4.09. The van der Waals surface area contributed by atoms with Crippen LogP contribution in [0.15, 0.2) is 54.9 Å². The van der Waals surface area contributed by atoms with Gasteiger partial charge in [-0.25, -0.2) is 0 Å². The number of benzene rings is 1. The molecule has 0 bridgehead atoms. The van der Waals surface area contributed by atoms with E-state index in [9.17, 15) is 0 Å². The lowest BCUT2D eigenvalue weighted by atomic mass is 10.00. The van der Waals surface area contributed by atoms with E-state index in [0.717, 1.165) is 18.1 Å². The Hall–Kier alpha value is -1.76. The molecule has 0 aliphatic carbocycles. The zero-order valence-electron chi connectivity index (χ0n) is 11.3. The Kier molecular flexibility index (Phi) is 6.16. The number of nitrogens with zero attached hydrogens (tertiary/aromatic N) is 1. The molecule has 1 unspecified atom stereocenters. The van der Waals surface area contributed by atoms with Gasteiger partial charge in [-0.3, -0.25) is 4.98 Å². The van der Waals surface area contributed by atoms with E-state index in [4.69, 9.17) is 6.42 Å². The number of hydrogen-bond donors (Lipinski definition) is 1. The van der Waals surface area contributed by atoms with Crippen LogP contribution in [0, 0.1) is 12.3 Å². The molecule has 1 atom stereocenters. The first-order valence-electron chi connectivity index (χ1n) is 6.61. The molecule has 2 rings (SSSR count). The fourth-order valence-corrected chi connectivity index (χ4v) is 2.56. The van der Waals surface area contributed by atoms with Gasteiger partial charge in [-0.2, -0.15) is 0 Å². The highest BCUT2D eigenvalue weighted by atomic mass is 32.2. The first-order chi connectivity index (χ1) is 9.92. The van der Waals surface area contributed by atoms with Gasteiger partial charge in [0.05, 0.1) is 11.8 Å². The number of thioether (sulfide) groups is 1. The summed E-state index contributed by atoms with van der Waals surface area (Å²) in [6.07, 6.45) is 8.92. The number of hydrogen-bond acceptors (Lipinski definition) is 3. The summed E-state index contributed by atoms with van der Waals surface area (Å²) < 4.78 is 0. The van der Waals surface area contributed by atoms with Gasteiger partial charge < -0.3 is 5.32 Å². The van der Waals surface area contributed by atoms with Crippen molar-refractivity contribution in [3.05, 3.63) is 66.0 Å². The van der Waals surface area contributed by atoms with E-state index in [1.54, 1.807) is 11.8 Å². The molecule has 0 radical (unpaired) electrons. The predicted molar refractivity (Wildman–Crippen MR) is 86.7 cm³/mol. The van der Waals surface area contributed by atoms with E-state index in [2.05, 4.69) is 52.6 Å². The van der Waals surface area contributed by atoms with Crippen molar-refractivity contribution < 1.29 is 0 Å². The van der Waals surface area contributed by atoms with Crippen molar-refractivity contribution in [1.82, 2.24) is 10.3 Å². The molecular weight excluding hydrogens is 264 g/mol. The molecule has 0 fully saturated rings. The Morgan fingerprint density at radius 1 is 1.10 bits per heavy atom. The lowest BCUT2D eigenvalue weighted by Crippen LogP contribution is -2.24. The van der Waals surface area contributed by atoms with E-state index in [1.807, 2.05) is 18.5 Å². The van der Waals surface area contributed by atoms with Crippen LogP contribution in [-0.4, -0.2) is 23.0 Å². The molecule has 102 valence electrons. The lowest BCUT2D eigenvalue weighted by molar-refractivity contribution is 0.633. The molecule has 2 aromatic rings. The molecule has 0 aliphatic rings. The molecule has 2 nitrogen and oxygen atoms in total. The van der Waals surface area contributed by atoms with Gasteiger partial charge in [0.2, 0.25) is 0 Å². The van der Waals surface area contributed by atoms with E-state index in [-0.39, 0.29) is 6.04 Å². The monoisotopic (exact) mass is 282 g/mol. The van der Waals surface area contributed by atoms with Gasteiger partial charge in [0.15, 0.2) is 0 Å². The van der Waals surface area contributed by atoms with Crippen LogP contribution in [0.25, 0.3) is 0 Å². The Labute approximate surface area is 125 Å². The fourth-order valence-electron chi connectivity index (χ4n) is 2.04. The Balaban J connectivity index is 2.04. The topological polar surface area (TPSA) is 24.9 Å². The fraction of sp³-hybridized carbons (Fsp3) is 0.235. The van der Waals surface area contributed by atoms with Gasteiger partial charge in [0.25, 0.3) is 0 Å². The normalized spacial score (nSPS) is 11.8. The van der Waals surface area contributed by atoms with Crippen LogP contribution in [0.4, 0.5) is 0 Å². The maximum atomic E-state index is 5.25. The van der Waals surface area contributed by atoms with Crippen molar-refractivity contribution in [2.75, 3.05) is 18.1 Å². The minimum Gasteiger partial charge on any atom is -0.305 e. The van der Waals surface area contributed by atoms with Crippen molar-refractivity contribution in [3.8, 4) is 12.3 Å². The van der Waals surface area contributed by atoms with Gasteiger partial charge in [-0.15, -0.1) is 18.2 Å². The van der Waals surface area contributed by atoms with Gasteiger partial charge in [-0.1, -0.05) is 36.3 Å². The van der Waals surface area contributed by atoms with Gasteiger partial charge in [-0.05, 0) is 23.3 Å². The minimum atomic E-state index is 0.200. The molecule has 1 heterocycles. The van der Waals surface area contributed by atoms with Crippen LogP contribution in [0.2, 0.25) is 0 Å². The SMILES string of the molecule is C#CCSCCNC(c1ccccc1)c1ccncc1. The summed E-state index contributed by atoms with van der Waals surface area (Å²) >= 11 is 1.77. The predicted octanol–water partition coefficient (Wildman–Crippen LogP) is 3.13. The van der Waals surface area contributed by atoms with Crippen molar-refractivity contribution in [2.24, 2.45) is 0 Å². The first-order valence-corrected chi connectivity index (χ1v) is 7.76. The summed E-state index contributed by atoms with van der Waals surface area (Å²) in [7, 11) is 0. The number of aromatic nitrogens is 1. The average Bonchev–Trinajstić information content (AvgIpc) is 2.53. The molecule has 3 heteroatoms. The van der Waals surface area contributed by atoms with Crippen LogP contribution in [0.5, 0.6) is 0 Å². The van der Waals surface area contributed by atoms with E-state index in [0.29, 0.717) is 0 Å². The van der Waals surface area contributed by atoms with E-state index in [1.165, 1.54) is 11.1 Å². The molecule has 20 heavy (non-hydrogen) atoms. The Morgan fingerprint density at radius 2 is 1.80 bits per heavy atom. The summed E-state index contributed by atoms with van der Waals surface area (Å²) in [6, 6.07) is 14.8. The molecule has 1 N–H and O–H groups in total. The third kappa shape index (κ3) is 4.41. The summed E-state index contributed by atoms with van der Waals surface area (Å²) in [6.45, 7) is 0.925. The number of pyridine rings is 1. The highest BCUT2D eigenvalue weighted by molar-refractivity contribution is 7.99. The number of rotatable bonds is 7. The molecule has 1 aromatic heterocycles. The summed E-state index contributed by atoms with van der Waals surface area (Å²) in [5, 5.41) is 3.59. The minimum absolute atomic E-state index is 0.200. The van der Waals surface area contributed by atoms with E-state index < -0.39 is 0 Å². The molecule has 0 saturated heterocycles. The molecule has 0 spiro atoms. The highest BCUT2D eigenvalue weighted by Gasteiger charge is 2.12. The second-order valence-electron chi connectivity index (χ2n) is 4.34. The van der Waals surface area contributed by atoms with Crippen LogP contribution in [0.1, 0.15) is 17.2 Å². The second-order valence-corrected chi connectivity index (χ2v) is 5.44. The molecule has 0 aliphatic heterocycles. The molecule has 0 saturated carbocycles. The maximum Gasteiger partial charge on any atom is 0.0578 e. The zero-order chi connectivity index (χ0) is 14.0. The van der Waals surface area contributed by atoms with Crippen LogP contribution in [-0.2, 0) is 0 Å². The standard InChI is InChI=1S/C17H18N2S/c1-2-13-20-14-12-19-17(15-6-4-3-5-7-15)16-8-10-18-11-9-16/h1,3-11,17,19H,12-14H2. The Morgan fingerprint density at radius 3 is 2.50 bits per heavy atom. The van der Waals surface area contributed by atoms with Gasteiger partial charge in [0.1, 0.15) is 0 Å². The summed E-state index contributed by atoms with van der Waals surface area (Å²) in [5.41, 5.74) is 2.49. The van der Waals surface area contributed by atoms with Crippen molar-refractivity contribution >= 4 is 11.8 Å². The van der Waals surface area contributed by atoms with Crippen molar-refractivity contribution in [1.29, 1.82) is 0 Å². The lowest BCUT2D eigenvalue weighted by Gasteiger charge is -2.19. The number of terminal acetylenes is 1. The van der Waals surface area contributed by atoms with Crippen LogP contribution in [0.3, 0.4) is 0 Å². The second kappa shape index (κ2) is 8.42. The summed E-state index contributed by atoms with van der Waals surface area (Å²) in [5.74, 6) is 4.43. The van der Waals surface area contributed by atoms with Crippen molar-refractivity contribution in [3.63, 3.8) is 0 Å². The Bertz CT molecular complexity index is 494. The molecule has 1 aromatic carbocycles. The smallest absolute Gasteiger partial charge is 0.0578 e. The maximum absolute atomic E-state index is 5.25. The highest BCUT2D eigenvalue weighted by Crippen LogP contribution is 2.21. The van der Waals surface area contributed by atoms with E-state index >= 15 is 0 Å². The van der Waals surface area contributed by atoms with Gasteiger partial charge >= 0.3 is 0 Å². The zero-order valence-corrected chi connectivity index (χ0v) is 12.1.